The van der Waals surface area contributed by atoms with Gasteiger partial charge in [0, 0.05) is 18.1 Å². The van der Waals surface area contributed by atoms with Gasteiger partial charge in [-0.3, -0.25) is 10.1 Å². The number of benzene rings is 1. The topological polar surface area (TPSA) is 124 Å². The number of nitrogens with two attached hydrogens (primary N) is 2. The molecule has 1 fully saturated rings. The van der Waals surface area contributed by atoms with Crippen molar-refractivity contribution in [3.8, 4) is 0 Å². The molecule has 2 aromatic rings. The zero-order chi connectivity index (χ0) is 21.0. The molecule has 0 aliphatic heterocycles. The molecule has 0 spiro atoms. The summed E-state index contributed by atoms with van der Waals surface area (Å²) in [6, 6.07) is 7.72. The van der Waals surface area contributed by atoms with Gasteiger partial charge in [0.2, 0.25) is 11.8 Å². The lowest BCUT2D eigenvalue weighted by molar-refractivity contribution is -0.385. The van der Waals surface area contributed by atoms with Crippen LogP contribution in [-0.4, -0.2) is 33.5 Å². The van der Waals surface area contributed by atoms with Crippen LogP contribution in [0, 0.1) is 17.0 Å². The summed E-state index contributed by atoms with van der Waals surface area (Å²) in [5, 5.41) is 12.0. The maximum atomic E-state index is 11.3. The number of nitro groups is 1. The van der Waals surface area contributed by atoms with E-state index >= 15 is 0 Å². The van der Waals surface area contributed by atoms with Crippen LogP contribution in [0.3, 0.4) is 0 Å². The van der Waals surface area contributed by atoms with Crippen LogP contribution in [0.4, 0.5) is 17.5 Å². The van der Waals surface area contributed by atoms with Gasteiger partial charge >= 0.3 is 5.69 Å². The Morgan fingerprint density at radius 3 is 2.41 bits per heavy atom. The summed E-state index contributed by atoms with van der Waals surface area (Å²) in [5.41, 5.74) is 13.1. The van der Waals surface area contributed by atoms with Crippen molar-refractivity contribution in [2.75, 3.05) is 23.7 Å². The van der Waals surface area contributed by atoms with Gasteiger partial charge in [0.15, 0.2) is 0 Å². The van der Waals surface area contributed by atoms with Crippen molar-refractivity contribution < 1.29 is 4.92 Å². The highest BCUT2D eigenvalue weighted by molar-refractivity contribution is 6.30. The average Bonchev–Trinajstić information content (AvgIpc) is 2.69. The predicted molar refractivity (Wildman–Crippen MR) is 115 cm³/mol. The number of anilines is 2. The quantitative estimate of drug-likeness (QED) is 0.519. The summed E-state index contributed by atoms with van der Waals surface area (Å²) < 4.78 is 0. The normalized spacial score (nSPS) is 15.8. The monoisotopic (exact) mass is 418 g/mol. The van der Waals surface area contributed by atoms with E-state index in [2.05, 4.69) is 14.9 Å². The Morgan fingerprint density at radius 1 is 1.21 bits per heavy atom. The molecule has 1 aromatic carbocycles. The van der Waals surface area contributed by atoms with Gasteiger partial charge in [0.05, 0.1) is 10.5 Å². The lowest BCUT2D eigenvalue weighted by Gasteiger charge is -2.46. The molecular weight excluding hydrogens is 392 g/mol. The van der Waals surface area contributed by atoms with Gasteiger partial charge in [-0.1, -0.05) is 43.0 Å². The fraction of sp³-hybridized carbons (Fsp3) is 0.500. The molecule has 0 unspecified atom stereocenters. The Morgan fingerprint density at radius 2 is 1.86 bits per heavy atom. The van der Waals surface area contributed by atoms with Crippen molar-refractivity contribution in [3.63, 3.8) is 0 Å². The third-order valence-electron chi connectivity index (χ3n) is 5.77. The molecular formula is C20H27ClN6O2. The first-order valence-corrected chi connectivity index (χ1v) is 10.2. The summed E-state index contributed by atoms with van der Waals surface area (Å²) in [7, 11) is 0. The van der Waals surface area contributed by atoms with Gasteiger partial charge in [-0.15, -0.1) is 0 Å². The third kappa shape index (κ3) is 4.59. The van der Waals surface area contributed by atoms with Crippen molar-refractivity contribution in [3.05, 3.63) is 50.7 Å². The zero-order valence-electron chi connectivity index (χ0n) is 16.6. The van der Waals surface area contributed by atoms with E-state index in [4.69, 9.17) is 23.1 Å². The molecule has 0 bridgehead atoms. The molecule has 0 saturated heterocycles. The van der Waals surface area contributed by atoms with Crippen molar-refractivity contribution in [1.82, 2.24) is 9.97 Å². The Bertz CT molecular complexity index is 845. The van der Waals surface area contributed by atoms with E-state index in [0.717, 1.165) is 37.7 Å². The lowest BCUT2D eigenvalue weighted by Crippen LogP contribution is -2.56. The zero-order valence-corrected chi connectivity index (χ0v) is 17.4. The van der Waals surface area contributed by atoms with Crippen molar-refractivity contribution >= 4 is 29.1 Å². The molecule has 3 rings (SSSR count). The van der Waals surface area contributed by atoms with E-state index in [-0.39, 0.29) is 22.7 Å². The highest BCUT2D eigenvalue weighted by Gasteiger charge is 2.39. The fourth-order valence-electron chi connectivity index (χ4n) is 4.16. The van der Waals surface area contributed by atoms with E-state index in [1.807, 2.05) is 24.3 Å². The molecule has 1 saturated carbocycles. The predicted octanol–water partition coefficient (Wildman–Crippen LogP) is 3.64. The average molecular weight is 419 g/mol. The number of rotatable bonds is 7. The molecule has 1 aliphatic rings. The van der Waals surface area contributed by atoms with Gasteiger partial charge in [-0.05, 0) is 43.9 Å². The molecule has 1 heterocycles. The highest BCUT2D eigenvalue weighted by Crippen LogP contribution is 2.36. The minimum Gasteiger partial charge on any atom is -0.378 e. The molecule has 0 atom stereocenters. The van der Waals surface area contributed by atoms with E-state index in [1.165, 1.54) is 6.42 Å². The molecule has 0 radical (unpaired) electrons. The van der Waals surface area contributed by atoms with Crippen LogP contribution in [0.15, 0.2) is 24.3 Å². The van der Waals surface area contributed by atoms with Gasteiger partial charge in [0.1, 0.15) is 5.69 Å². The second-order valence-electron chi connectivity index (χ2n) is 7.62. The minimum atomic E-state index is -0.536. The van der Waals surface area contributed by atoms with Crippen molar-refractivity contribution in [1.29, 1.82) is 0 Å². The van der Waals surface area contributed by atoms with Gasteiger partial charge < -0.3 is 16.4 Å². The number of nitrogen functional groups attached to an aromatic ring is 1. The number of aromatic nitrogens is 2. The van der Waals surface area contributed by atoms with E-state index in [9.17, 15) is 10.1 Å². The Labute approximate surface area is 175 Å². The van der Waals surface area contributed by atoms with E-state index in [0.29, 0.717) is 24.1 Å². The van der Waals surface area contributed by atoms with Crippen molar-refractivity contribution in [2.45, 2.75) is 51.0 Å². The number of hydrogen-bond acceptors (Lipinski definition) is 7. The fourth-order valence-corrected chi connectivity index (χ4v) is 4.28. The SMILES string of the molecule is Cc1nc(N(CCc2ccc(Cl)cc2)C2(CN)CCCCC2)nc(N)c1[N+](=O)[O-]. The number of halogens is 1. The molecule has 1 aliphatic carbocycles. The first kappa shape index (κ1) is 21.3. The lowest BCUT2D eigenvalue weighted by atomic mass is 9.80. The first-order chi connectivity index (χ1) is 13.9. The molecule has 29 heavy (non-hydrogen) atoms. The Hall–Kier alpha value is -2.45. The maximum absolute atomic E-state index is 11.3. The van der Waals surface area contributed by atoms with E-state index < -0.39 is 4.92 Å². The summed E-state index contributed by atoms with van der Waals surface area (Å²) in [5.74, 6) is 0.295. The van der Waals surface area contributed by atoms with Crippen molar-refractivity contribution in [2.24, 2.45) is 5.73 Å². The second kappa shape index (κ2) is 8.92. The minimum absolute atomic E-state index is 0.114. The number of hydrogen-bond donors (Lipinski definition) is 2. The number of nitrogens with zero attached hydrogens (tertiary/aromatic N) is 4. The first-order valence-electron chi connectivity index (χ1n) is 9.87. The molecule has 8 nitrogen and oxygen atoms in total. The van der Waals surface area contributed by atoms with Crippen LogP contribution in [0.1, 0.15) is 43.4 Å². The van der Waals surface area contributed by atoms with Gasteiger partial charge in [0.25, 0.3) is 0 Å². The van der Waals surface area contributed by atoms with Crippen LogP contribution in [0.2, 0.25) is 5.02 Å². The van der Waals surface area contributed by atoms with Gasteiger partial charge in [-0.25, -0.2) is 4.98 Å². The summed E-state index contributed by atoms with van der Waals surface area (Å²) in [4.78, 5) is 21.7. The molecule has 156 valence electrons. The Balaban J connectivity index is 1.98. The van der Waals surface area contributed by atoms with Crippen LogP contribution in [0.5, 0.6) is 0 Å². The van der Waals surface area contributed by atoms with Crippen LogP contribution in [-0.2, 0) is 6.42 Å². The largest absolute Gasteiger partial charge is 0.378 e. The summed E-state index contributed by atoms with van der Waals surface area (Å²) >= 11 is 6.00. The van der Waals surface area contributed by atoms with Gasteiger partial charge in [-0.2, -0.15) is 4.98 Å². The summed E-state index contributed by atoms with van der Waals surface area (Å²) in [6.45, 7) is 2.69. The smallest absolute Gasteiger partial charge is 0.332 e. The van der Waals surface area contributed by atoms with E-state index in [1.54, 1.807) is 6.92 Å². The van der Waals surface area contributed by atoms with Crippen LogP contribution < -0.4 is 16.4 Å². The molecule has 4 N–H and O–H groups in total. The standard InChI is InChI=1S/C20H27ClN6O2/c1-14-17(27(28)29)18(23)25-19(24-14)26(20(13-22)10-3-2-4-11-20)12-9-15-5-7-16(21)8-6-15/h5-8H,2-4,9-13,22H2,1H3,(H2,23,24,25). The molecule has 1 aromatic heterocycles. The summed E-state index contributed by atoms with van der Waals surface area (Å²) in [6.07, 6.45) is 5.95. The second-order valence-corrected chi connectivity index (χ2v) is 8.05. The highest BCUT2D eigenvalue weighted by atomic mass is 35.5. The van der Waals surface area contributed by atoms with Crippen LogP contribution in [0.25, 0.3) is 0 Å². The molecule has 0 amide bonds. The van der Waals surface area contributed by atoms with Crippen LogP contribution >= 0.6 is 11.6 Å². The number of aryl methyl sites for hydroxylation is 1. The third-order valence-corrected chi connectivity index (χ3v) is 6.02. The maximum Gasteiger partial charge on any atom is 0.332 e. The molecule has 9 heteroatoms. The Kier molecular flexibility index (Phi) is 6.54.